The van der Waals surface area contributed by atoms with E-state index in [-0.39, 0.29) is 12.1 Å². The number of imidazole rings is 1. The van der Waals surface area contributed by atoms with E-state index in [0.717, 1.165) is 12.1 Å². The zero-order valence-electron chi connectivity index (χ0n) is 12.4. The third kappa shape index (κ3) is 3.82. The fourth-order valence-electron chi connectivity index (χ4n) is 2.47. The van der Waals surface area contributed by atoms with Crippen LogP contribution in [0.15, 0.2) is 18.2 Å². The second-order valence-electron chi connectivity index (χ2n) is 5.32. The van der Waals surface area contributed by atoms with Crippen molar-refractivity contribution in [1.82, 2.24) is 4.57 Å². The van der Waals surface area contributed by atoms with Gasteiger partial charge in [0, 0.05) is 13.0 Å². The molecule has 23 heavy (non-hydrogen) atoms. The van der Waals surface area contributed by atoms with Gasteiger partial charge in [-0.3, -0.25) is 4.55 Å². The summed E-state index contributed by atoms with van der Waals surface area (Å²) >= 11 is 0. The van der Waals surface area contributed by atoms with Crippen LogP contribution in [0.3, 0.4) is 0 Å². The fraction of sp³-hybridized carbons (Fsp3) is 0.462. The van der Waals surface area contributed by atoms with E-state index in [1.54, 1.807) is 18.5 Å². The molecule has 2 N–H and O–H groups in total. The molecule has 0 radical (unpaired) electrons. The Morgan fingerprint density at radius 3 is 2.48 bits per heavy atom. The molecule has 6 nitrogen and oxygen atoms in total. The first-order valence-corrected chi connectivity index (χ1v) is 8.20. The van der Waals surface area contributed by atoms with Crippen LogP contribution >= 0.6 is 0 Å². The maximum atomic E-state index is 12.9. The molecule has 0 spiro atoms. The Bertz CT molecular complexity index is 843. The predicted octanol–water partition coefficient (Wildman–Crippen LogP) is 1.04. The van der Waals surface area contributed by atoms with Crippen LogP contribution in [-0.4, -0.2) is 34.5 Å². The van der Waals surface area contributed by atoms with Crippen molar-refractivity contribution in [3.05, 3.63) is 29.6 Å². The second kappa shape index (κ2) is 5.77. The first-order valence-electron chi connectivity index (χ1n) is 6.59. The highest BCUT2D eigenvalue weighted by molar-refractivity contribution is 7.85. The summed E-state index contributed by atoms with van der Waals surface area (Å²) in [4.78, 5) is 0. The monoisotopic (exact) mass is 353 g/mol. The first kappa shape index (κ1) is 17.7. The van der Waals surface area contributed by atoms with Gasteiger partial charge in [0.05, 0.1) is 12.6 Å². The normalized spacial score (nSPS) is 14.4. The lowest BCUT2D eigenvalue weighted by molar-refractivity contribution is -0.652. The SMILES string of the molecule is Cc1n(CC(O)CS(=O)(=O)O)c2cc(C(F)(F)F)ccc2[n+]1C. The van der Waals surface area contributed by atoms with Gasteiger partial charge in [-0.25, -0.2) is 9.13 Å². The third-order valence-corrected chi connectivity index (χ3v) is 4.43. The predicted molar refractivity (Wildman–Crippen MR) is 75.3 cm³/mol. The molecule has 0 saturated heterocycles. The molecular formula is C13H16F3N2O4S+. The zero-order chi connectivity index (χ0) is 17.6. The van der Waals surface area contributed by atoms with Crippen LogP contribution in [-0.2, 0) is 29.9 Å². The van der Waals surface area contributed by atoms with Crippen molar-refractivity contribution < 1.29 is 35.8 Å². The number of fused-ring (bicyclic) bond motifs is 1. The van der Waals surface area contributed by atoms with Gasteiger partial charge in [-0.05, 0) is 12.1 Å². The second-order valence-corrected chi connectivity index (χ2v) is 6.82. The van der Waals surface area contributed by atoms with Crippen LogP contribution in [0.2, 0.25) is 0 Å². The van der Waals surface area contributed by atoms with Gasteiger partial charge in [0.1, 0.15) is 18.4 Å². The van der Waals surface area contributed by atoms with Crippen molar-refractivity contribution in [2.75, 3.05) is 5.75 Å². The van der Waals surface area contributed by atoms with Gasteiger partial charge >= 0.3 is 6.18 Å². The van der Waals surface area contributed by atoms with E-state index in [2.05, 4.69) is 0 Å². The average Bonchev–Trinajstić information content (AvgIpc) is 2.60. The maximum absolute atomic E-state index is 12.9. The molecule has 0 aliphatic rings. The molecule has 0 aliphatic carbocycles. The van der Waals surface area contributed by atoms with Gasteiger partial charge < -0.3 is 5.11 Å². The van der Waals surface area contributed by atoms with Gasteiger partial charge in [-0.1, -0.05) is 0 Å². The molecule has 2 rings (SSSR count). The van der Waals surface area contributed by atoms with Crippen molar-refractivity contribution in [3.63, 3.8) is 0 Å². The first-order chi connectivity index (χ1) is 10.4. The Morgan fingerprint density at radius 2 is 1.96 bits per heavy atom. The average molecular weight is 353 g/mol. The lowest BCUT2D eigenvalue weighted by atomic mass is 10.2. The summed E-state index contributed by atoms with van der Waals surface area (Å²) in [7, 11) is -2.73. The molecule has 2 aromatic rings. The number of aliphatic hydroxyl groups is 1. The van der Waals surface area contributed by atoms with E-state index in [0.29, 0.717) is 11.3 Å². The third-order valence-electron chi connectivity index (χ3n) is 3.63. The van der Waals surface area contributed by atoms with Gasteiger partial charge in [0.2, 0.25) is 0 Å². The van der Waals surface area contributed by atoms with Crippen LogP contribution in [0.4, 0.5) is 13.2 Å². The summed E-state index contributed by atoms with van der Waals surface area (Å²) < 4.78 is 72.0. The standard InChI is InChI=1S/C13H15F3N2O4S/c1-8-17(2)11-4-3-9(13(14,15)16)5-12(11)18(8)6-10(19)7-23(20,21)22/h3-5,10,19H,6-7H2,1-2H3/p+1. The van der Waals surface area contributed by atoms with Crippen molar-refractivity contribution in [1.29, 1.82) is 0 Å². The zero-order valence-corrected chi connectivity index (χ0v) is 13.2. The fourth-order valence-corrected chi connectivity index (χ4v) is 3.06. The number of alkyl halides is 3. The Kier molecular flexibility index (Phi) is 4.44. The molecule has 1 aromatic heterocycles. The summed E-state index contributed by atoms with van der Waals surface area (Å²) in [5, 5.41) is 9.77. The topological polar surface area (TPSA) is 83.4 Å². The molecule has 0 fully saturated rings. The van der Waals surface area contributed by atoms with Gasteiger partial charge in [-0.2, -0.15) is 21.6 Å². The van der Waals surface area contributed by atoms with E-state index in [4.69, 9.17) is 4.55 Å². The Labute approximate surface area is 130 Å². The number of halogens is 3. The maximum Gasteiger partial charge on any atom is 0.416 e. The van der Waals surface area contributed by atoms with Crippen molar-refractivity contribution in [2.24, 2.45) is 7.05 Å². The Balaban J connectivity index is 2.52. The molecule has 0 amide bonds. The summed E-state index contributed by atoms with van der Waals surface area (Å²) in [6, 6.07) is 3.22. The van der Waals surface area contributed by atoms with Crippen LogP contribution in [0.5, 0.6) is 0 Å². The molecule has 1 aromatic carbocycles. The van der Waals surface area contributed by atoms with E-state index in [9.17, 15) is 26.7 Å². The lowest BCUT2D eigenvalue weighted by Crippen LogP contribution is -2.32. The van der Waals surface area contributed by atoms with Gasteiger partial charge in [0.15, 0.2) is 11.0 Å². The van der Waals surface area contributed by atoms with E-state index < -0.39 is 33.7 Å². The molecule has 128 valence electrons. The van der Waals surface area contributed by atoms with Crippen molar-refractivity contribution in [3.8, 4) is 0 Å². The quantitative estimate of drug-likeness (QED) is 0.636. The molecular weight excluding hydrogens is 337 g/mol. The van der Waals surface area contributed by atoms with E-state index in [1.807, 2.05) is 0 Å². The smallest absolute Gasteiger partial charge is 0.388 e. The molecule has 1 unspecified atom stereocenters. The largest absolute Gasteiger partial charge is 0.416 e. The number of hydrogen-bond acceptors (Lipinski definition) is 3. The number of aryl methyl sites for hydroxylation is 1. The van der Waals surface area contributed by atoms with Gasteiger partial charge in [0.25, 0.3) is 15.9 Å². The Morgan fingerprint density at radius 1 is 1.35 bits per heavy atom. The molecule has 0 saturated carbocycles. The van der Waals surface area contributed by atoms with E-state index >= 15 is 0 Å². The minimum atomic E-state index is -4.51. The number of aromatic nitrogens is 2. The van der Waals surface area contributed by atoms with Crippen molar-refractivity contribution in [2.45, 2.75) is 25.7 Å². The summed E-state index contributed by atoms with van der Waals surface area (Å²) in [6.07, 6.45) is -5.96. The van der Waals surface area contributed by atoms with Crippen LogP contribution in [0.25, 0.3) is 11.0 Å². The number of aliphatic hydroxyl groups excluding tert-OH is 1. The van der Waals surface area contributed by atoms with Gasteiger partial charge in [-0.15, -0.1) is 0 Å². The summed E-state index contributed by atoms with van der Waals surface area (Å²) in [5.74, 6) is -0.358. The Hall–Kier alpha value is -1.65. The number of rotatable bonds is 4. The van der Waals surface area contributed by atoms with Crippen LogP contribution in [0.1, 0.15) is 11.4 Å². The number of nitrogens with zero attached hydrogens (tertiary/aromatic N) is 2. The molecule has 10 heteroatoms. The highest BCUT2D eigenvalue weighted by Crippen LogP contribution is 2.31. The minimum Gasteiger partial charge on any atom is -0.388 e. The summed E-state index contributed by atoms with van der Waals surface area (Å²) in [5.41, 5.74) is -0.114. The minimum absolute atomic E-state index is 0.217. The van der Waals surface area contributed by atoms with Crippen molar-refractivity contribution >= 4 is 21.2 Å². The molecule has 0 bridgehead atoms. The highest BCUT2D eigenvalue weighted by Gasteiger charge is 2.33. The molecule has 1 atom stereocenters. The van der Waals surface area contributed by atoms with E-state index in [1.165, 1.54) is 10.6 Å². The molecule has 1 heterocycles. The lowest BCUT2D eigenvalue weighted by Gasteiger charge is -2.08. The number of hydrogen-bond donors (Lipinski definition) is 2. The van der Waals surface area contributed by atoms with Crippen LogP contribution < -0.4 is 4.57 Å². The molecule has 0 aliphatic heterocycles. The highest BCUT2D eigenvalue weighted by atomic mass is 32.2. The van der Waals surface area contributed by atoms with Crippen LogP contribution in [0, 0.1) is 6.92 Å². The number of benzene rings is 1. The summed E-state index contributed by atoms with van der Waals surface area (Å²) in [6.45, 7) is 1.37.